The van der Waals surface area contributed by atoms with Gasteiger partial charge in [0.1, 0.15) is 0 Å². The second-order valence-electron chi connectivity index (χ2n) is 11.9. The number of likely N-dealkylation sites (tertiary alicyclic amines) is 1. The summed E-state index contributed by atoms with van der Waals surface area (Å²) in [5.41, 5.74) is 4.06. The highest BCUT2D eigenvalue weighted by atomic mass is 32.3. The molecule has 3 aromatic carbocycles. The van der Waals surface area contributed by atoms with E-state index >= 15 is 0 Å². The number of amides is 2. The predicted molar refractivity (Wildman–Crippen MR) is 178 cm³/mol. The zero-order valence-corrected chi connectivity index (χ0v) is 26.4. The standard InChI is InChI=1S/C32H44N4OS.C2H6/c1-24-12-13-26(38(2,3)4)22-30(24)34-32(37)33-29-14-15-31(28-11-7-6-10-27(28)29)36-20-16-25(17-21-36)23-35-18-8-5-9-19-35;1-2/h6-7,10-15,22,25H,5,8-9,16-21,23H2,1-4H3,(H2,33,34,37);1-2H3. The number of carbonyl (C=O) groups is 1. The number of hydrogen-bond acceptors (Lipinski definition) is 3. The van der Waals surface area contributed by atoms with Gasteiger partial charge in [-0.3, -0.25) is 0 Å². The largest absolute Gasteiger partial charge is 0.371 e. The minimum atomic E-state index is -0.871. The van der Waals surface area contributed by atoms with Gasteiger partial charge in [0.25, 0.3) is 0 Å². The van der Waals surface area contributed by atoms with E-state index in [1.54, 1.807) is 0 Å². The molecule has 2 amide bonds. The van der Waals surface area contributed by atoms with Crippen molar-refractivity contribution in [2.75, 3.05) is 67.0 Å². The van der Waals surface area contributed by atoms with Crippen molar-refractivity contribution in [3.8, 4) is 0 Å². The smallest absolute Gasteiger partial charge is 0.323 e. The van der Waals surface area contributed by atoms with Crippen molar-refractivity contribution in [2.24, 2.45) is 5.92 Å². The van der Waals surface area contributed by atoms with Crippen molar-refractivity contribution in [1.29, 1.82) is 0 Å². The Kier molecular flexibility index (Phi) is 10.4. The van der Waals surface area contributed by atoms with E-state index in [0.29, 0.717) is 0 Å². The number of nitrogens with zero attached hydrogens (tertiary/aromatic N) is 2. The molecule has 6 heteroatoms. The first kappa shape index (κ1) is 30.3. The van der Waals surface area contributed by atoms with Crippen LogP contribution in [0.25, 0.3) is 10.8 Å². The van der Waals surface area contributed by atoms with Crippen LogP contribution in [0, 0.1) is 12.8 Å². The van der Waals surface area contributed by atoms with Crippen molar-refractivity contribution in [3.63, 3.8) is 0 Å². The van der Waals surface area contributed by atoms with Crippen LogP contribution in [0.5, 0.6) is 0 Å². The number of anilines is 3. The number of benzene rings is 3. The molecule has 40 heavy (non-hydrogen) atoms. The van der Waals surface area contributed by atoms with E-state index in [0.717, 1.165) is 41.3 Å². The van der Waals surface area contributed by atoms with Gasteiger partial charge in [0.05, 0.1) is 5.69 Å². The highest BCUT2D eigenvalue weighted by Gasteiger charge is 2.24. The Morgan fingerprint density at radius 2 is 1.48 bits per heavy atom. The Balaban J connectivity index is 0.00000181. The lowest BCUT2D eigenvalue weighted by Gasteiger charge is -2.37. The molecule has 2 aliphatic rings. The van der Waals surface area contributed by atoms with E-state index < -0.39 is 10.0 Å². The molecule has 0 bridgehead atoms. The summed E-state index contributed by atoms with van der Waals surface area (Å²) in [6, 6.07) is 18.9. The Morgan fingerprint density at radius 1 is 0.825 bits per heavy atom. The summed E-state index contributed by atoms with van der Waals surface area (Å²) in [6.45, 7) is 12.1. The van der Waals surface area contributed by atoms with Crippen LogP contribution in [0.2, 0.25) is 0 Å². The second kappa shape index (κ2) is 13.8. The fourth-order valence-corrected chi connectivity index (χ4v) is 6.87. The summed E-state index contributed by atoms with van der Waals surface area (Å²) in [5.74, 6) is 0.807. The molecule has 0 radical (unpaired) electrons. The van der Waals surface area contributed by atoms with Crippen molar-refractivity contribution < 1.29 is 4.79 Å². The molecule has 0 spiro atoms. The molecule has 3 aromatic rings. The quantitative estimate of drug-likeness (QED) is 0.316. The zero-order chi connectivity index (χ0) is 28.7. The van der Waals surface area contributed by atoms with Crippen LogP contribution >= 0.6 is 10.0 Å². The monoisotopic (exact) mass is 562 g/mol. The highest BCUT2D eigenvalue weighted by molar-refractivity contribution is 8.32. The molecule has 2 heterocycles. The van der Waals surface area contributed by atoms with Crippen LogP contribution in [-0.4, -0.2) is 62.4 Å². The maximum absolute atomic E-state index is 13.1. The minimum Gasteiger partial charge on any atom is -0.371 e. The van der Waals surface area contributed by atoms with Gasteiger partial charge in [0, 0.05) is 41.8 Å². The van der Waals surface area contributed by atoms with Gasteiger partial charge >= 0.3 is 6.03 Å². The Hall–Kier alpha value is -2.70. The molecule has 218 valence electrons. The van der Waals surface area contributed by atoms with E-state index in [-0.39, 0.29) is 6.03 Å². The predicted octanol–water partition coefficient (Wildman–Crippen LogP) is 8.57. The maximum Gasteiger partial charge on any atom is 0.323 e. The van der Waals surface area contributed by atoms with Gasteiger partial charge in [-0.1, -0.05) is 50.6 Å². The van der Waals surface area contributed by atoms with Crippen LogP contribution in [0.1, 0.15) is 51.5 Å². The molecule has 5 nitrogen and oxygen atoms in total. The topological polar surface area (TPSA) is 47.6 Å². The molecule has 2 N–H and O–H groups in total. The molecule has 0 aromatic heterocycles. The number of nitrogens with one attached hydrogen (secondary N) is 2. The van der Waals surface area contributed by atoms with Crippen molar-refractivity contribution >= 4 is 43.9 Å². The summed E-state index contributed by atoms with van der Waals surface area (Å²) >= 11 is 0. The van der Waals surface area contributed by atoms with Crippen LogP contribution < -0.4 is 15.5 Å². The van der Waals surface area contributed by atoms with Crippen LogP contribution in [-0.2, 0) is 0 Å². The maximum atomic E-state index is 13.1. The first-order chi connectivity index (χ1) is 19.3. The second-order valence-corrected chi connectivity index (χ2v) is 16.0. The Morgan fingerprint density at radius 3 is 2.15 bits per heavy atom. The Bertz CT molecular complexity index is 1270. The third kappa shape index (κ3) is 7.52. The third-order valence-corrected chi connectivity index (χ3v) is 9.90. The van der Waals surface area contributed by atoms with Crippen LogP contribution in [0.15, 0.2) is 59.5 Å². The first-order valence-electron chi connectivity index (χ1n) is 15.1. The molecule has 0 aliphatic carbocycles. The fraction of sp³-hybridized carbons (Fsp3) is 0.500. The molecule has 2 aliphatic heterocycles. The van der Waals surface area contributed by atoms with Gasteiger partial charge in [0.2, 0.25) is 0 Å². The summed E-state index contributed by atoms with van der Waals surface area (Å²) < 4.78 is 0. The van der Waals surface area contributed by atoms with E-state index in [1.807, 2.05) is 20.8 Å². The zero-order valence-electron chi connectivity index (χ0n) is 25.6. The average molecular weight is 563 g/mol. The molecule has 2 saturated heterocycles. The number of rotatable bonds is 6. The number of fused-ring (bicyclic) bond motifs is 1. The van der Waals surface area contributed by atoms with Crippen molar-refractivity contribution in [2.45, 2.75) is 57.8 Å². The number of hydrogen-bond donors (Lipinski definition) is 2. The first-order valence-corrected chi connectivity index (χ1v) is 18.0. The SMILES string of the molecule is CC.Cc1ccc(S(C)(C)C)cc1NC(=O)Nc1ccc(N2CCC(CN3CCCCC3)CC2)c2ccccc12. The lowest BCUT2D eigenvalue weighted by molar-refractivity contribution is 0.181. The number of carbonyl (C=O) groups excluding carboxylic acids is 1. The summed E-state index contributed by atoms with van der Waals surface area (Å²) in [7, 11) is -0.871. The number of urea groups is 1. The summed E-state index contributed by atoms with van der Waals surface area (Å²) in [6.07, 6.45) is 13.5. The van der Waals surface area contributed by atoms with E-state index in [1.165, 1.54) is 67.7 Å². The van der Waals surface area contributed by atoms with E-state index in [2.05, 4.69) is 93.8 Å². The minimum absolute atomic E-state index is 0.203. The molecule has 5 rings (SSSR count). The van der Waals surface area contributed by atoms with Crippen LogP contribution in [0.4, 0.5) is 21.9 Å². The van der Waals surface area contributed by atoms with Gasteiger partial charge in [-0.05, 0) is 105 Å². The Labute approximate surface area is 244 Å². The lowest BCUT2D eigenvalue weighted by Crippen LogP contribution is -2.40. The molecule has 0 saturated carbocycles. The van der Waals surface area contributed by atoms with Gasteiger partial charge in [-0.15, -0.1) is 0 Å². The van der Waals surface area contributed by atoms with Crippen molar-refractivity contribution in [1.82, 2.24) is 4.90 Å². The molecule has 0 atom stereocenters. The third-order valence-electron chi connectivity index (χ3n) is 8.23. The molecular formula is C34H50N4OS. The fourth-order valence-electron chi connectivity index (χ4n) is 5.92. The number of piperidine rings is 2. The van der Waals surface area contributed by atoms with Gasteiger partial charge in [-0.25, -0.2) is 14.8 Å². The number of aryl methyl sites for hydroxylation is 1. The molecule has 2 fully saturated rings. The van der Waals surface area contributed by atoms with Gasteiger partial charge in [0.15, 0.2) is 0 Å². The molecular weight excluding hydrogens is 512 g/mol. The summed E-state index contributed by atoms with van der Waals surface area (Å²) in [5, 5.41) is 8.52. The van der Waals surface area contributed by atoms with E-state index in [4.69, 9.17) is 0 Å². The average Bonchev–Trinajstić information content (AvgIpc) is 2.96. The van der Waals surface area contributed by atoms with E-state index in [9.17, 15) is 4.79 Å². The highest BCUT2D eigenvalue weighted by Crippen LogP contribution is 2.46. The van der Waals surface area contributed by atoms with Gasteiger partial charge < -0.3 is 20.4 Å². The lowest BCUT2D eigenvalue weighted by atomic mass is 9.94. The summed E-state index contributed by atoms with van der Waals surface area (Å²) in [4.78, 5) is 19.6. The van der Waals surface area contributed by atoms with Crippen molar-refractivity contribution in [3.05, 3.63) is 60.2 Å². The van der Waals surface area contributed by atoms with Crippen LogP contribution in [0.3, 0.4) is 0 Å². The normalized spacial score (nSPS) is 17.2. The molecule has 0 unspecified atom stereocenters. The van der Waals surface area contributed by atoms with Gasteiger partial charge in [-0.2, -0.15) is 0 Å².